The Hall–Kier alpha value is -3.24. The van der Waals surface area contributed by atoms with Gasteiger partial charge in [0.05, 0.1) is 12.0 Å². The number of nitrogens with one attached hydrogen (secondary N) is 2. The first kappa shape index (κ1) is 22.4. The molecule has 1 saturated heterocycles. The van der Waals surface area contributed by atoms with Gasteiger partial charge in [-0.2, -0.15) is 0 Å². The molecule has 2 N–H and O–H groups in total. The number of methoxy groups -OCH3 is 1. The lowest BCUT2D eigenvalue weighted by atomic mass is 10.2. The molecule has 7 nitrogen and oxygen atoms in total. The van der Waals surface area contributed by atoms with Gasteiger partial charge in [0.15, 0.2) is 0 Å². The fraction of sp³-hybridized carbons (Fsp3) is 0.143. The maximum Gasteiger partial charge on any atom is 0.269 e. The summed E-state index contributed by atoms with van der Waals surface area (Å²) < 4.78 is 18.5. The number of ether oxygens (including phenoxy) is 1. The lowest BCUT2D eigenvalue weighted by Gasteiger charge is -2.14. The molecule has 0 unspecified atom stereocenters. The molecule has 3 amide bonds. The first-order valence-electron chi connectivity index (χ1n) is 9.12. The quantitative estimate of drug-likeness (QED) is 0.392. The van der Waals surface area contributed by atoms with Crippen LogP contribution in [0.1, 0.15) is 22.3 Å². The lowest BCUT2D eigenvalue weighted by Crippen LogP contribution is -2.43. The van der Waals surface area contributed by atoms with Crippen molar-refractivity contribution in [2.24, 2.45) is 0 Å². The van der Waals surface area contributed by atoms with Crippen LogP contribution < -0.4 is 15.6 Å². The van der Waals surface area contributed by atoms with Gasteiger partial charge in [-0.15, -0.1) is 0 Å². The van der Waals surface area contributed by atoms with Crippen LogP contribution in [0.2, 0.25) is 0 Å². The number of hydrogen-bond donors (Lipinski definition) is 2. The van der Waals surface area contributed by atoms with E-state index < -0.39 is 17.6 Å². The molecule has 2 aromatic rings. The van der Waals surface area contributed by atoms with Crippen LogP contribution in [0.5, 0.6) is 5.75 Å². The maximum atomic E-state index is 12.9. The molecule has 0 aromatic heterocycles. The average molecular weight is 460 g/mol. The Morgan fingerprint density at radius 2 is 1.87 bits per heavy atom. The predicted molar refractivity (Wildman–Crippen MR) is 119 cm³/mol. The molecule has 0 radical (unpaired) electrons. The molecule has 0 spiro atoms. The van der Waals surface area contributed by atoms with Crippen molar-refractivity contribution in [3.63, 3.8) is 0 Å². The Morgan fingerprint density at radius 1 is 1.16 bits per heavy atom. The highest BCUT2D eigenvalue weighted by Crippen LogP contribution is 2.34. The van der Waals surface area contributed by atoms with Crippen molar-refractivity contribution < 1.29 is 23.5 Å². The number of rotatable bonds is 6. The second-order valence-electron chi connectivity index (χ2n) is 6.33. The van der Waals surface area contributed by atoms with E-state index >= 15 is 0 Å². The van der Waals surface area contributed by atoms with E-state index in [1.54, 1.807) is 19.3 Å². The third-order valence-corrected chi connectivity index (χ3v) is 5.66. The van der Waals surface area contributed by atoms with E-state index in [9.17, 15) is 18.8 Å². The molecule has 1 heterocycles. The Bertz CT molecular complexity index is 1060. The summed E-state index contributed by atoms with van der Waals surface area (Å²) in [4.78, 5) is 38.4. The standard InChI is InChI=1S/C21H18FN3O4S2/c1-29-16-5-3-2-4-14(16)12-17-20(28)25(21(30)31-17)11-10-18(26)23-24-19(27)13-6-8-15(22)9-7-13/h2-9,12H,10-11H2,1H3,(H,23,26)(H,24,27). The normalized spacial score (nSPS) is 14.6. The van der Waals surface area contributed by atoms with Gasteiger partial charge < -0.3 is 4.74 Å². The zero-order valence-corrected chi connectivity index (χ0v) is 18.0. The number of thioether (sulfide) groups is 1. The summed E-state index contributed by atoms with van der Waals surface area (Å²) in [5.41, 5.74) is 5.44. The number of amides is 3. The smallest absolute Gasteiger partial charge is 0.269 e. The van der Waals surface area contributed by atoms with Crippen molar-refractivity contribution in [1.29, 1.82) is 0 Å². The number of thiocarbonyl (C=S) groups is 1. The predicted octanol–water partition coefficient (Wildman–Crippen LogP) is 2.89. The van der Waals surface area contributed by atoms with Crippen LogP contribution in [0.15, 0.2) is 53.4 Å². The minimum atomic E-state index is -0.585. The third-order valence-electron chi connectivity index (χ3n) is 4.28. The van der Waals surface area contributed by atoms with Crippen LogP contribution in [-0.4, -0.2) is 40.6 Å². The third kappa shape index (κ3) is 5.68. The van der Waals surface area contributed by atoms with E-state index in [1.165, 1.54) is 17.0 Å². The highest BCUT2D eigenvalue weighted by molar-refractivity contribution is 8.26. The van der Waals surface area contributed by atoms with Gasteiger partial charge in [0.25, 0.3) is 11.8 Å². The van der Waals surface area contributed by atoms with Gasteiger partial charge >= 0.3 is 0 Å². The van der Waals surface area contributed by atoms with Gasteiger partial charge in [-0.3, -0.25) is 30.1 Å². The molecule has 1 aliphatic heterocycles. The molecule has 31 heavy (non-hydrogen) atoms. The number of carbonyl (C=O) groups excluding carboxylic acids is 3. The number of carbonyl (C=O) groups is 3. The summed E-state index contributed by atoms with van der Waals surface area (Å²) >= 11 is 6.41. The van der Waals surface area contributed by atoms with Crippen molar-refractivity contribution in [2.75, 3.05) is 13.7 Å². The maximum absolute atomic E-state index is 12.9. The molecule has 0 aliphatic carbocycles. The minimum Gasteiger partial charge on any atom is -0.496 e. The van der Waals surface area contributed by atoms with E-state index in [4.69, 9.17) is 17.0 Å². The summed E-state index contributed by atoms with van der Waals surface area (Å²) in [6, 6.07) is 12.2. The molecule has 1 fully saturated rings. The Balaban J connectivity index is 1.54. The highest BCUT2D eigenvalue weighted by Gasteiger charge is 2.32. The number of hydrazine groups is 1. The summed E-state index contributed by atoms with van der Waals surface area (Å²) in [6.07, 6.45) is 1.62. The van der Waals surface area contributed by atoms with Crippen LogP contribution >= 0.6 is 24.0 Å². The average Bonchev–Trinajstić information content (AvgIpc) is 3.03. The fourth-order valence-corrected chi connectivity index (χ4v) is 3.99. The van der Waals surface area contributed by atoms with Gasteiger partial charge in [0.1, 0.15) is 15.9 Å². The van der Waals surface area contributed by atoms with Crippen LogP contribution in [0, 0.1) is 5.82 Å². The number of hydrogen-bond acceptors (Lipinski definition) is 6. The molecule has 0 saturated carbocycles. The second-order valence-corrected chi connectivity index (χ2v) is 8.01. The lowest BCUT2D eigenvalue weighted by molar-refractivity contribution is -0.124. The van der Waals surface area contributed by atoms with Crippen molar-refractivity contribution in [3.05, 3.63) is 70.4 Å². The zero-order chi connectivity index (χ0) is 22.4. The van der Waals surface area contributed by atoms with Gasteiger partial charge in [-0.1, -0.05) is 42.2 Å². The van der Waals surface area contributed by atoms with E-state index in [0.717, 1.165) is 29.5 Å². The number of nitrogens with zero attached hydrogens (tertiary/aromatic N) is 1. The summed E-state index contributed by atoms with van der Waals surface area (Å²) in [7, 11) is 1.55. The van der Waals surface area contributed by atoms with E-state index in [1.807, 2.05) is 18.2 Å². The molecule has 160 valence electrons. The summed E-state index contributed by atoms with van der Waals surface area (Å²) in [5, 5.41) is 0. The minimum absolute atomic E-state index is 0.0617. The van der Waals surface area contributed by atoms with Crippen molar-refractivity contribution >= 4 is 52.1 Å². The summed E-state index contributed by atoms with van der Waals surface area (Å²) in [5.74, 6) is -1.23. The van der Waals surface area contributed by atoms with Gasteiger partial charge in [0, 0.05) is 24.1 Å². The number of para-hydroxylation sites is 1. The molecule has 0 bridgehead atoms. The zero-order valence-electron chi connectivity index (χ0n) is 16.4. The Kier molecular flexibility index (Phi) is 7.37. The van der Waals surface area contributed by atoms with E-state index in [-0.39, 0.29) is 24.4 Å². The Morgan fingerprint density at radius 3 is 2.58 bits per heavy atom. The fourth-order valence-electron chi connectivity index (χ4n) is 2.70. The highest BCUT2D eigenvalue weighted by atomic mass is 32.2. The molecule has 10 heteroatoms. The molecule has 3 rings (SSSR count). The molecule has 2 aromatic carbocycles. The van der Waals surface area contributed by atoms with E-state index in [2.05, 4.69) is 10.9 Å². The second kappa shape index (κ2) is 10.2. The first-order valence-corrected chi connectivity index (χ1v) is 10.3. The van der Waals surface area contributed by atoms with Crippen LogP contribution in [0.3, 0.4) is 0 Å². The van der Waals surface area contributed by atoms with E-state index in [0.29, 0.717) is 15.0 Å². The van der Waals surface area contributed by atoms with Crippen molar-refractivity contribution in [2.45, 2.75) is 6.42 Å². The van der Waals surface area contributed by atoms with Crippen LogP contribution in [-0.2, 0) is 9.59 Å². The van der Waals surface area contributed by atoms with Gasteiger partial charge in [-0.25, -0.2) is 4.39 Å². The SMILES string of the molecule is COc1ccccc1C=C1SC(=S)N(CCC(=O)NNC(=O)c2ccc(F)cc2)C1=O. The molecule has 0 atom stereocenters. The van der Waals surface area contributed by atoms with Gasteiger partial charge in [0.2, 0.25) is 5.91 Å². The van der Waals surface area contributed by atoms with Crippen LogP contribution in [0.4, 0.5) is 4.39 Å². The molecular weight excluding hydrogens is 441 g/mol. The summed E-state index contributed by atoms with van der Waals surface area (Å²) in [6.45, 7) is 0.0617. The van der Waals surface area contributed by atoms with Gasteiger partial charge in [-0.05, 0) is 36.4 Å². The number of benzene rings is 2. The molecular formula is C21H18FN3O4S2. The first-order chi connectivity index (χ1) is 14.9. The van der Waals surface area contributed by atoms with Crippen molar-refractivity contribution in [1.82, 2.24) is 15.8 Å². The molecule has 1 aliphatic rings. The van der Waals surface area contributed by atoms with Crippen LogP contribution in [0.25, 0.3) is 6.08 Å². The van der Waals surface area contributed by atoms with Crippen molar-refractivity contribution in [3.8, 4) is 5.75 Å². The monoisotopic (exact) mass is 459 g/mol. The Labute approximate surface area is 187 Å². The largest absolute Gasteiger partial charge is 0.496 e. The number of halogens is 1. The topological polar surface area (TPSA) is 87.7 Å².